The third-order valence-electron chi connectivity index (χ3n) is 4.54. The van der Waals surface area contributed by atoms with Gasteiger partial charge in [-0.15, -0.1) is 0 Å². The smallest absolute Gasteiger partial charge is 0.293 e. The van der Waals surface area contributed by atoms with Gasteiger partial charge in [0, 0.05) is 23.6 Å². The van der Waals surface area contributed by atoms with Crippen LogP contribution in [0.3, 0.4) is 0 Å². The number of furan rings is 1. The van der Waals surface area contributed by atoms with E-state index in [9.17, 15) is 14.9 Å². The molecule has 0 spiro atoms. The molecule has 1 heterocycles. The van der Waals surface area contributed by atoms with Crippen molar-refractivity contribution in [1.82, 2.24) is 0 Å². The number of hydrogen-bond donors (Lipinski definition) is 2. The first-order valence-electron chi connectivity index (χ1n) is 8.10. The van der Waals surface area contributed by atoms with Crippen LogP contribution in [0.2, 0.25) is 0 Å². The van der Waals surface area contributed by atoms with E-state index in [2.05, 4.69) is 19.2 Å². The highest BCUT2D eigenvalue weighted by molar-refractivity contribution is 5.94. The fourth-order valence-corrected chi connectivity index (χ4v) is 3.46. The third kappa shape index (κ3) is 3.35. The molecule has 0 unspecified atom stereocenters. The van der Waals surface area contributed by atoms with Crippen molar-refractivity contribution in [3.8, 4) is 0 Å². The average molecular weight is 343 g/mol. The van der Waals surface area contributed by atoms with Gasteiger partial charge in [0.15, 0.2) is 0 Å². The molecule has 1 aromatic carbocycles. The molecular weight excluding hydrogens is 322 g/mol. The second-order valence-corrected chi connectivity index (χ2v) is 7.33. The summed E-state index contributed by atoms with van der Waals surface area (Å²) in [6, 6.07) is 6.11. The van der Waals surface area contributed by atoms with Crippen molar-refractivity contribution in [3.05, 3.63) is 57.0 Å². The van der Waals surface area contributed by atoms with Gasteiger partial charge in [0.1, 0.15) is 17.2 Å². The zero-order valence-electron chi connectivity index (χ0n) is 14.5. The molecule has 3 rings (SSSR count). The van der Waals surface area contributed by atoms with E-state index in [-0.39, 0.29) is 22.7 Å². The SMILES string of the molecule is Cc1cc2c(o1)CC(C)(C)C[C@H]2Nc1ccc(C(N)=O)cc1[N+](=O)[O-]. The molecule has 132 valence electrons. The topological polar surface area (TPSA) is 111 Å². The van der Waals surface area contributed by atoms with E-state index in [0.717, 1.165) is 29.9 Å². The number of nitro groups is 1. The van der Waals surface area contributed by atoms with Crippen LogP contribution in [0, 0.1) is 22.5 Å². The first-order valence-corrected chi connectivity index (χ1v) is 8.10. The number of hydrogen-bond acceptors (Lipinski definition) is 5. The van der Waals surface area contributed by atoms with Crippen LogP contribution in [0.1, 0.15) is 53.8 Å². The fourth-order valence-electron chi connectivity index (χ4n) is 3.46. The number of anilines is 1. The molecule has 0 saturated heterocycles. The van der Waals surface area contributed by atoms with Gasteiger partial charge in [-0.25, -0.2) is 0 Å². The number of carbonyl (C=O) groups excluding carboxylic acids is 1. The molecule has 25 heavy (non-hydrogen) atoms. The predicted octanol–water partition coefficient (Wildman–Crippen LogP) is 3.72. The number of rotatable bonds is 4. The Bertz CT molecular complexity index is 854. The first kappa shape index (κ1) is 17.0. The lowest BCUT2D eigenvalue weighted by atomic mass is 9.74. The zero-order chi connectivity index (χ0) is 18.4. The normalized spacial score (nSPS) is 18.4. The van der Waals surface area contributed by atoms with Crippen LogP contribution in [0.4, 0.5) is 11.4 Å². The minimum absolute atomic E-state index is 0.0108. The Morgan fingerprint density at radius 3 is 2.76 bits per heavy atom. The molecular formula is C18H21N3O4. The summed E-state index contributed by atoms with van der Waals surface area (Å²) < 4.78 is 5.80. The van der Waals surface area contributed by atoms with Crippen LogP contribution in [0.15, 0.2) is 28.7 Å². The molecule has 1 aromatic heterocycles. The molecule has 1 aliphatic carbocycles. The third-order valence-corrected chi connectivity index (χ3v) is 4.54. The number of nitrogens with one attached hydrogen (secondary N) is 1. The van der Waals surface area contributed by atoms with E-state index in [1.807, 2.05) is 13.0 Å². The highest BCUT2D eigenvalue weighted by atomic mass is 16.6. The van der Waals surface area contributed by atoms with E-state index >= 15 is 0 Å². The van der Waals surface area contributed by atoms with Gasteiger partial charge in [0.25, 0.3) is 5.69 Å². The van der Waals surface area contributed by atoms with Crippen molar-refractivity contribution < 1.29 is 14.1 Å². The van der Waals surface area contributed by atoms with E-state index in [1.54, 1.807) is 0 Å². The maximum atomic E-state index is 11.4. The van der Waals surface area contributed by atoms with Crippen LogP contribution in [0.25, 0.3) is 0 Å². The number of nitrogens with two attached hydrogens (primary N) is 1. The number of benzene rings is 1. The highest BCUT2D eigenvalue weighted by Gasteiger charge is 2.35. The molecule has 0 saturated carbocycles. The van der Waals surface area contributed by atoms with Crippen LogP contribution in [-0.2, 0) is 6.42 Å². The van der Waals surface area contributed by atoms with E-state index < -0.39 is 10.8 Å². The van der Waals surface area contributed by atoms with Crippen molar-refractivity contribution in [2.45, 2.75) is 39.7 Å². The Morgan fingerprint density at radius 2 is 2.12 bits per heavy atom. The maximum Gasteiger partial charge on any atom is 0.293 e. The summed E-state index contributed by atoms with van der Waals surface area (Å²) in [4.78, 5) is 22.2. The standard InChI is InChI=1S/C18H21N3O4/c1-10-6-12-14(8-18(2,3)9-16(12)25-10)20-13-5-4-11(17(19)22)7-15(13)21(23)24/h4-7,14,20H,8-9H2,1-3H3,(H2,19,22)/t14-/m1/s1. The maximum absolute atomic E-state index is 11.4. The number of primary amides is 1. The molecule has 7 nitrogen and oxygen atoms in total. The lowest BCUT2D eigenvalue weighted by Crippen LogP contribution is -2.28. The summed E-state index contributed by atoms with van der Waals surface area (Å²) in [5.74, 6) is 1.05. The average Bonchev–Trinajstić information content (AvgIpc) is 2.86. The molecule has 0 fully saturated rings. The van der Waals surface area contributed by atoms with Gasteiger partial charge in [-0.05, 0) is 37.0 Å². The highest BCUT2D eigenvalue weighted by Crippen LogP contribution is 2.44. The van der Waals surface area contributed by atoms with Crippen LogP contribution < -0.4 is 11.1 Å². The zero-order valence-corrected chi connectivity index (χ0v) is 14.5. The number of carbonyl (C=O) groups is 1. The lowest BCUT2D eigenvalue weighted by molar-refractivity contribution is -0.384. The van der Waals surface area contributed by atoms with Crippen molar-refractivity contribution in [1.29, 1.82) is 0 Å². The van der Waals surface area contributed by atoms with Gasteiger partial charge in [-0.1, -0.05) is 13.8 Å². The summed E-state index contributed by atoms with van der Waals surface area (Å²) in [5.41, 5.74) is 6.58. The van der Waals surface area contributed by atoms with Gasteiger partial charge in [0.2, 0.25) is 5.91 Å². The Hall–Kier alpha value is -2.83. The van der Waals surface area contributed by atoms with Crippen molar-refractivity contribution in [3.63, 3.8) is 0 Å². The molecule has 1 amide bonds. The molecule has 3 N–H and O–H groups in total. The van der Waals surface area contributed by atoms with E-state index in [1.165, 1.54) is 18.2 Å². The van der Waals surface area contributed by atoms with Crippen LogP contribution in [-0.4, -0.2) is 10.8 Å². The predicted molar refractivity (Wildman–Crippen MR) is 93.5 cm³/mol. The molecule has 0 aliphatic heterocycles. The largest absolute Gasteiger partial charge is 0.466 e. The molecule has 0 radical (unpaired) electrons. The van der Waals surface area contributed by atoms with Crippen molar-refractivity contribution >= 4 is 17.3 Å². The molecule has 1 atom stereocenters. The van der Waals surface area contributed by atoms with Gasteiger partial charge in [0.05, 0.1) is 11.0 Å². The Balaban J connectivity index is 1.99. The van der Waals surface area contributed by atoms with Crippen LogP contribution in [0.5, 0.6) is 0 Å². The van der Waals surface area contributed by atoms with Gasteiger partial charge >= 0.3 is 0 Å². The molecule has 0 bridgehead atoms. The van der Waals surface area contributed by atoms with Crippen molar-refractivity contribution in [2.24, 2.45) is 11.1 Å². The summed E-state index contributed by atoms with van der Waals surface area (Å²) in [5, 5.41) is 14.7. The monoisotopic (exact) mass is 343 g/mol. The number of nitrogens with zero attached hydrogens (tertiary/aromatic N) is 1. The van der Waals surface area contributed by atoms with Crippen LogP contribution >= 0.6 is 0 Å². The number of nitro benzene ring substituents is 1. The Morgan fingerprint density at radius 1 is 1.40 bits per heavy atom. The first-order chi connectivity index (χ1) is 11.7. The molecule has 1 aliphatic rings. The quantitative estimate of drug-likeness (QED) is 0.649. The van der Waals surface area contributed by atoms with E-state index in [4.69, 9.17) is 10.2 Å². The summed E-state index contributed by atoms with van der Waals surface area (Å²) in [7, 11) is 0. The summed E-state index contributed by atoms with van der Waals surface area (Å²) >= 11 is 0. The van der Waals surface area contributed by atoms with Gasteiger partial charge in [-0.3, -0.25) is 14.9 Å². The number of amides is 1. The summed E-state index contributed by atoms with van der Waals surface area (Å²) in [6.45, 7) is 6.19. The lowest BCUT2D eigenvalue weighted by Gasteiger charge is -2.35. The van der Waals surface area contributed by atoms with Crippen molar-refractivity contribution in [2.75, 3.05) is 5.32 Å². The second-order valence-electron chi connectivity index (χ2n) is 7.33. The van der Waals surface area contributed by atoms with E-state index in [0.29, 0.717) is 5.69 Å². The Kier molecular flexibility index (Phi) is 4.02. The Labute approximate surface area is 145 Å². The minimum Gasteiger partial charge on any atom is -0.466 e. The van der Waals surface area contributed by atoms with Gasteiger partial charge in [-0.2, -0.15) is 0 Å². The second kappa shape index (κ2) is 5.91. The van der Waals surface area contributed by atoms with Gasteiger partial charge < -0.3 is 15.5 Å². The fraction of sp³-hybridized carbons (Fsp3) is 0.389. The number of aryl methyl sites for hydroxylation is 1. The summed E-state index contributed by atoms with van der Waals surface area (Å²) in [6.07, 6.45) is 1.64. The minimum atomic E-state index is -0.693. The number of fused-ring (bicyclic) bond motifs is 1. The molecule has 2 aromatic rings. The molecule has 7 heteroatoms.